The Kier molecular flexibility index (Phi) is 4.19. The summed E-state index contributed by atoms with van der Waals surface area (Å²) < 4.78 is 5.61. The van der Waals surface area contributed by atoms with E-state index in [1.165, 1.54) is 12.0 Å². The number of ether oxygens (including phenoxy) is 1. The first-order valence-electron chi connectivity index (χ1n) is 7.65. The summed E-state index contributed by atoms with van der Waals surface area (Å²) in [7, 11) is 0. The monoisotopic (exact) mass is 260 g/mol. The Labute approximate surface area is 115 Å². The molecule has 1 aromatic rings. The quantitative estimate of drug-likeness (QED) is 0.883. The summed E-state index contributed by atoms with van der Waals surface area (Å²) in [5.41, 5.74) is 1.44. The van der Waals surface area contributed by atoms with Crippen LogP contribution < -0.4 is 0 Å². The molecule has 0 spiro atoms. The van der Waals surface area contributed by atoms with Crippen LogP contribution in [0.4, 0.5) is 0 Å². The topological polar surface area (TPSA) is 29.5 Å². The van der Waals surface area contributed by atoms with Gasteiger partial charge in [0.25, 0.3) is 0 Å². The maximum atomic E-state index is 10.3. The molecule has 2 nitrogen and oxygen atoms in total. The lowest BCUT2D eigenvalue weighted by Crippen LogP contribution is -2.37. The summed E-state index contributed by atoms with van der Waals surface area (Å²) in [5.74, 6) is 1.62. The van der Waals surface area contributed by atoms with E-state index in [0.29, 0.717) is 17.8 Å². The van der Waals surface area contributed by atoms with Crippen LogP contribution in [0.15, 0.2) is 30.3 Å². The Morgan fingerprint density at radius 1 is 1.05 bits per heavy atom. The van der Waals surface area contributed by atoms with Gasteiger partial charge in [0.15, 0.2) is 0 Å². The van der Waals surface area contributed by atoms with Crippen LogP contribution in [0.2, 0.25) is 0 Å². The van der Waals surface area contributed by atoms with Crippen molar-refractivity contribution >= 4 is 0 Å². The van der Waals surface area contributed by atoms with Gasteiger partial charge in [0.2, 0.25) is 0 Å². The fourth-order valence-electron chi connectivity index (χ4n) is 3.83. The SMILES string of the molecule is OC1CCC(c2ccccc2)CC1C1CCCOC1. The Balaban J connectivity index is 1.70. The summed E-state index contributed by atoms with van der Waals surface area (Å²) in [5, 5.41) is 10.3. The predicted molar refractivity (Wildman–Crippen MR) is 76.1 cm³/mol. The molecule has 2 aliphatic rings. The summed E-state index contributed by atoms with van der Waals surface area (Å²) in [6.45, 7) is 1.75. The molecule has 3 rings (SSSR count). The van der Waals surface area contributed by atoms with Crippen molar-refractivity contribution in [2.24, 2.45) is 11.8 Å². The molecule has 1 aromatic carbocycles. The molecular formula is C17H24O2. The van der Waals surface area contributed by atoms with Gasteiger partial charge in [0.05, 0.1) is 6.10 Å². The van der Waals surface area contributed by atoms with Crippen molar-refractivity contribution in [2.75, 3.05) is 13.2 Å². The zero-order chi connectivity index (χ0) is 13.1. The zero-order valence-corrected chi connectivity index (χ0v) is 11.5. The molecule has 1 aliphatic heterocycles. The van der Waals surface area contributed by atoms with Gasteiger partial charge in [-0.15, -0.1) is 0 Å². The van der Waals surface area contributed by atoms with Gasteiger partial charge in [-0.05, 0) is 55.4 Å². The Hall–Kier alpha value is -0.860. The second-order valence-corrected chi connectivity index (χ2v) is 6.13. The number of aliphatic hydroxyl groups is 1. The minimum atomic E-state index is -0.119. The fourth-order valence-corrected chi connectivity index (χ4v) is 3.83. The van der Waals surface area contributed by atoms with Crippen LogP contribution in [0.1, 0.15) is 43.6 Å². The van der Waals surface area contributed by atoms with Gasteiger partial charge >= 0.3 is 0 Å². The first kappa shape index (κ1) is 13.1. The van der Waals surface area contributed by atoms with E-state index in [4.69, 9.17) is 4.74 Å². The van der Waals surface area contributed by atoms with Gasteiger partial charge in [-0.25, -0.2) is 0 Å². The zero-order valence-electron chi connectivity index (χ0n) is 11.5. The third-order valence-electron chi connectivity index (χ3n) is 4.93. The van der Waals surface area contributed by atoms with Crippen molar-refractivity contribution in [1.82, 2.24) is 0 Å². The highest BCUT2D eigenvalue weighted by molar-refractivity contribution is 5.20. The molecule has 1 N–H and O–H groups in total. The molecule has 104 valence electrons. The second kappa shape index (κ2) is 6.06. The number of hydrogen-bond acceptors (Lipinski definition) is 2. The van der Waals surface area contributed by atoms with E-state index in [2.05, 4.69) is 30.3 Å². The Bertz CT molecular complexity index is 384. The van der Waals surface area contributed by atoms with Crippen molar-refractivity contribution in [3.63, 3.8) is 0 Å². The Morgan fingerprint density at radius 3 is 2.63 bits per heavy atom. The lowest BCUT2D eigenvalue weighted by Gasteiger charge is -2.39. The van der Waals surface area contributed by atoms with E-state index in [1.807, 2.05) is 0 Å². The van der Waals surface area contributed by atoms with E-state index in [1.54, 1.807) is 0 Å². The number of aliphatic hydroxyl groups excluding tert-OH is 1. The van der Waals surface area contributed by atoms with Crippen molar-refractivity contribution in [1.29, 1.82) is 0 Å². The first-order chi connectivity index (χ1) is 9.34. The highest BCUT2D eigenvalue weighted by Gasteiger charge is 2.35. The molecule has 0 amide bonds. The third-order valence-corrected chi connectivity index (χ3v) is 4.93. The molecule has 1 saturated heterocycles. The molecule has 1 heterocycles. The number of hydrogen-bond donors (Lipinski definition) is 1. The van der Waals surface area contributed by atoms with Crippen LogP contribution in [0.25, 0.3) is 0 Å². The van der Waals surface area contributed by atoms with Gasteiger partial charge in [0.1, 0.15) is 0 Å². The van der Waals surface area contributed by atoms with Crippen LogP contribution in [0, 0.1) is 11.8 Å². The van der Waals surface area contributed by atoms with Gasteiger partial charge in [-0.3, -0.25) is 0 Å². The third kappa shape index (κ3) is 3.01. The average Bonchev–Trinajstić information content (AvgIpc) is 2.49. The fraction of sp³-hybridized carbons (Fsp3) is 0.647. The van der Waals surface area contributed by atoms with Gasteiger partial charge in [-0.2, -0.15) is 0 Å². The summed E-state index contributed by atoms with van der Waals surface area (Å²) >= 11 is 0. The smallest absolute Gasteiger partial charge is 0.0572 e. The maximum absolute atomic E-state index is 10.3. The first-order valence-corrected chi connectivity index (χ1v) is 7.65. The van der Waals surface area contributed by atoms with Crippen molar-refractivity contribution < 1.29 is 9.84 Å². The maximum Gasteiger partial charge on any atom is 0.0572 e. The molecule has 2 heteroatoms. The predicted octanol–water partition coefficient (Wildman–Crippen LogP) is 3.36. The molecule has 2 fully saturated rings. The van der Waals surface area contributed by atoms with Crippen molar-refractivity contribution in [2.45, 2.75) is 44.1 Å². The molecule has 1 saturated carbocycles. The normalized spacial score (nSPS) is 36.1. The molecule has 0 radical (unpaired) electrons. The molecule has 1 aliphatic carbocycles. The minimum absolute atomic E-state index is 0.119. The minimum Gasteiger partial charge on any atom is -0.393 e. The Morgan fingerprint density at radius 2 is 1.89 bits per heavy atom. The van der Waals surface area contributed by atoms with E-state index in [-0.39, 0.29) is 6.10 Å². The summed E-state index contributed by atoms with van der Waals surface area (Å²) in [6, 6.07) is 10.8. The average molecular weight is 260 g/mol. The van der Waals surface area contributed by atoms with Crippen molar-refractivity contribution in [3.05, 3.63) is 35.9 Å². The molecular weight excluding hydrogens is 236 g/mol. The van der Waals surface area contributed by atoms with Gasteiger partial charge in [-0.1, -0.05) is 30.3 Å². The summed E-state index contributed by atoms with van der Waals surface area (Å²) in [4.78, 5) is 0. The van der Waals surface area contributed by atoms with Crippen LogP contribution in [0.3, 0.4) is 0 Å². The molecule has 0 aromatic heterocycles. The van der Waals surface area contributed by atoms with Gasteiger partial charge < -0.3 is 9.84 Å². The van der Waals surface area contributed by atoms with E-state index < -0.39 is 0 Å². The van der Waals surface area contributed by atoms with Gasteiger partial charge in [0, 0.05) is 13.2 Å². The summed E-state index contributed by atoms with van der Waals surface area (Å²) in [6.07, 6.45) is 5.45. The largest absolute Gasteiger partial charge is 0.393 e. The second-order valence-electron chi connectivity index (χ2n) is 6.13. The van der Waals surface area contributed by atoms with Crippen LogP contribution in [-0.4, -0.2) is 24.4 Å². The van der Waals surface area contributed by atoms with E-state index >= 15 is 0 Å². The highest BCUT2D eigenvalue weighted by Crippen LogP contribution is 2.41. The van der Waals surface area contributed by atoms with E-state index in [9.17, 15) is 5.11 Å². The highest BCUT2D eigenvalue weighted by atomic mass is 16.5. The van der Waals surface area contributed by atoms with Crippen LogP contribution in [0.5, 0.6) is 0 Å². The number of rotatable bonds is 2. The molecule has 19 heavy (non-hydrogen) atoms. The number of benzene rings is 1. The lowest BCUT2D eigenvalue weighted by molar-refractivity contribution is -0.0315. The molecule has 0 bridgehead atoms. The van der Waals surface area contributed by atoms with Crippen LogP contribution in [-0.2, 0) is 4.74 Å². The molecule has 4 unspecified atom stereocenters. The van der Waals surface area contributed by atoms with Crippen molar-refractivity contribution in [3.8, 4) is 0 Å². The standard InChI is InChI=1S/C17H24O2/c18-17-9-8-14(13-5-2-1-3-6-13)11-16(17)15-7-4-10-19-12-15/h1-3,5-6,14-18H,4,7-12H2. The van der Waals surface area contributed by atoms with Crippen LogP contribution >= 0.6 is 0 Å². The molecule has 4 atom stereocenters. The lowest BCUT2D eigenvalue weighted by atomic mass is 9.70. The van der Waals surface area contributed by atoms with E-state index in [0.717, 1.165) is 38.9 Å².